The maximum Gasteiger partial charge on any atom is 0.339 e. The van der Waals surface area contributed by atoms with Crippen LogP contribution in [0.15, 0.2) is 54.6 Å². The summed E-state index contributed by atoms with van der Waals surface area (Å²) in [4.78, 5) is 77.9. The number of nitrogens with zero attached hydrogens (tertiary/aromatic N) is 2. The van der Waals surface area contributed by atoms with Crippen molar-refractivity contribution in [3.63, 3.8) is 0 Å². The summed E-state index contributed by atoms with van der Waals surface area (Å²) in [5.74, 6) is -5.48. The minimum absolute atomic E-state index is 0.00726. The molecule has 0 amide bonds. The lowest BCUT2D eigenvalue weighted by atomic mass is 9.97. The Morgan fingerprint density at radius 3 is 1.25 bits per heavy atom. The van der Waals surface area contributed by atoms with E-state index in [4.69, 9.17) is 66.3 Å². The number of non-ortho nitro benzene ring substituents is 2. The molecule has 1 heterocycles. The van der Waals surface area contributed by atoms with E-state index in [1.807, 2.05) is 0 Å². The Bertz CT molecular complexity index is 2480. The Balaban J connectivity index is 1.68. The van der Waals surface area contributed by atoms with E-state index in [1.165, 1.54) is 87.2 Å². The van der Waals surface area contributed by atoms with Crippen molar-refractivity contribution in [3.8, 4) is 51.7 Å². The summed E-state index contributed by atoms with van der Waals surface area (Å²) in [6.07, 6.45) is -9.55. The van der Waals surface area contributed by atoms with Crippen LogP contribution in [0.1, 0.15) is 41.4 Å². The molecule has 5 atom stereocenters. The number of esters is 4. The number of phenols is 1. The van der Waals surface area contributed by atoms with Crippen molar-refractivity contribution in [1.29, 1.82) is 0 Å². The van der Waals surface area contributed by atoms with Crippen LogP contribution >= 0.6 is 0 Å². The second-order valence-corrected chi connectivity index (χ2v) is 13.8. The molecule has 0 unspecified atom stereocenters. The van der Waals surface area contributed by atoms with E-state index in [1.54, 1.807) is 0 Å². The number of rotatable bonds is 20. The molecule has 1 saturated heterocycles. The largest absolute Gasteiger partial charge is 0.504 e. The normalized spacial score (nSPS) is 17.3. The molecule has 0 spiro atoms. The summed E-state index contributed by atoms with van der Waals surface area (Å²) in [5.41, 5.74) is -3.27. The van der Waals surface area contributed by atoms with E-state index in [-0.39, 0.29) is 62.7 Å². The topological polar surface area (TPSA) is 304 Å². The molecule has 5 rings (SSSR count). The zero-order chi connectivity index (χ0) is 50.0. The quantitative estimate of drug-likeness (QED) is 0.0552. The van der Waals surface area contributed by atoms with Crippen LogP contribution in [-0.4, -0.2) is 140 Å². The highest BCUT2D eigenvalue weighted by Crippen LogP contribution is 2.42. The van der Waals surface area contributed by atoms with Gasteiger partial charge in [0.25, 0.3) is 11.4 Å². The van der Waals surface area contributed by atoms with Crippen molar-refractivity contribution in [2.45, 2.75) is 30.7 Å². The van der Waals surface area contributed by atoms with Crippen LogP contribution in [0.25, 0.3) is 0 Å². The third kappa shape index (κ3) is 10.9. The number of carbonyl (C=O) groups is 4. The Morgan fingerprint density at radius 2 is 0.868 bits per heavy atom. The highest BCUT2D eigenvalue weighted by Gasteiger charge is 2.54. The summed E-state index contributed by atoms with van der Waals surface area (Å²) in [6, 6.07) is 8.98. The molecule has 68 heavy (non-hydrogen) atoms. The third-order valence-corrected chi connectivity index (χ3v) is 9.99. The van der Waals surface area contributed by atoms with E-state index in [0.29, 0.717) is 18.2 Å². The van der Waals surface area contributed by atoms with Crippen LogP contribution in [0.5, 0.6) is 51.7 Å². The van der Waals surface area contributed by atoms with Gasteiger partial charge in [-0.3, -0.25) is 20.2 Å². The predicted molar refractivity (Wildman–Crippen MR) is 227 cm³/mol. The minimum atomic E-state index is -2.05. The number of nitro benzene ring substituents is 2. The van der Waals surface area contributed by atoms with Gasteiger partial charge in [0.1, 0.15) is 12.7 Å². The number of hydrogen-bond acceptors (Lipinski definition) is 23. The van der Waals surface area contributed by atoms with E-state index in [2.05, 4.69) is 0 Å². The molecule has 0 saturated carbocycles. The lowest BCUT2D eigenvalue weighted by molar-refractivity contribution is -0.394. The molecule has 0 bridgehead atoms. The van der Waals surface area contributed by atoms with E-state index in [9.17, 15) is 44.5 Å². The molecule has 0 aliphatic carbocycles. The fourth-order valence-electron chi connectivity index (χ4n) is 6.80. The molecule has 4 aromatic rings. The van der Waals surface area contributed by atoms with Crippen LogP contribution in [0.4, 0.5) is 11.4 Å². The highest BCUT2D eigenvalue weighted by atomic mass is 16.7. The van der Waals surface area contributed by atoms with Crippen molar-refractivity contribution in [1.82, 2.24) is 0 Å². The average Bonchev–Trinajstić information content (AvgIpc) is 3.34. The summed E-state index contributed by atoms with van der Waals surface area (Å²) in [5, 5.41) is 34.2. The van der Waals surface area contributed by atoms with Gasteiger partial charge in [-0.2, -0.15) is 0 Å². The molecule has 1 aliphatic rings. The molecule has 0 radical (unpaired) electrons. The fourth-order valence-corrected chi connectivity index (χ4v) is 6.80. The summed E-state index contributed by atoms with van der Waals surface area (Å²) in [6.45, 7) is -0.896. The number of carbonyl (C=O) groups excluding carboxylic acids is 4. The molecule has 1 N–H and O–H groups in total. The maximum absolute atomic E-state index is 14.4. The van der Waals surface area contributed by atoms with Crippen molar-refractivity contribution < 1.29 is 100 Å². The van der Waals surface area contributed by atoms with Crippen molar-refractivity contribution >= 4 is 35.3 Å². The van der Waals surface area contributed by atoms with Gasteiger partial charge in [-0.15, -0.1) is 0 Å². The van der Waals surface area contributed by atoms with E-state index in [0.717, 1.165) is 13.2 Å². The number of benzene rings is 4. The Kier molecular flexibility index (Phi) is 16.6. The molecule has 25 nitrogen and oxygen atoms in total. The van der Waals surface area contributed by atoms with Gasteiger partial charge in [0.15, 0.2) is 59.1 Å². The number of phenolic OH excluding ortho intramolecular Hbond substituents is 1. The summed E-state index contributed by atoms with van der Waals surface area (Å²) in [7, 11) is 11.4. The lowest BCUT2D eigenvalue weighted by Crippen LogP contribution is -2.63. The van der Waals surface area contributed by atoms with Crippen molar-refractivity contribution in [2.75, 3.05) is 70.6 Å². The zero-order valence-electron chi connectivity index (χ0n) is 37.6. The van der Waals surface area contributed by atoms with Crippen LogP contribution in [0.3, 0.4) is 0 Å². The summed E-state index contributed by atoms with van der Waals surface area (Å²) < 4.78 is 77.7. The Morgan fingerprint density at radius 1 is 0.500 bits per heavy atom. The Hall–Kier alpha value is -8.32. The number of aromatic hydroxyl groups is 1. The molecule has 4 aromatic carbocycles. The van der Waals surface area contributed by atoms with Gasteiger partial charge in [0, 0.05) is 19.2 Å². The number of nitro groups is 2. The Labute approximate surface area is 385 Å². The molecule has 364 valence electrons. The van der Waals surface area contributed by atoms with Gasteiger partial charge in [-0.25, -0.2) is 19.2 Å². The second-order valence-electron chi connectivity index (χ2n) is 13.8. The summed E-state index contributed by atoms with van der Waals surface area (Å²) >= 11 is 0. The highest BCUT2D eigenvalue weighted by molar-refractivity contribution is 5.94. The average molecular weight is 957 g/mol. The maximum atomic E-state index is 14.4. The molecule has 25 heteroatoms. The van der Waals surface area contributed by atoms with Crippen LogP contribution < -0.4 is 37.9 Å². The predicted octanol–water partition coefficient (Wildman–Crippen LogP) is 4.48. The van der Waals surface area contributed by atoms with Crippen molar-refractivity contribution in [3.05, 3.63) is 97.1 Å². The van der Waals surface area contributed by atoms with Gasteiger partial charge >= 0.3 is 23.9 Å². The van der Waals surface area contributed by atoms with E-state index >= 15 is 0 Å². The molecule has 1 aliphatic heterocycles. The first kappa shape index (κ1) is 50.7. The van der Waals surface area contributed by atoms with Crippen LogP contribution in [0.2, 0.25) is 0 Å². The van der Waals surface area contributed by atoms with E-state index < -0.39 is 93.7 Å². The van der Waals surface area contributed by atoms with Gasteiger partial charge in [-0.1, -0.05) is 0 Å². The number of methoxy groups -OCH3 is 9. The monoisotopic (exact) mass is 956 g/mol. The van der Waals surface area contributed by atoms with Gasteiger partial charge in [-0.05, 0) is 36.4 Å². The lowest BCUT2D eigenvalue weighted by Gasteiger charge is -2.44. The van der Waals surface area contributed by atoms with Crippen molar-refractivity contribution in [2.24, 2.45) is 0 Å². The zero-order valence-corrected chi connectivity index (χ0v) is 37.6. The SMILES string of the molecule is COc1cc(C(=O)OC[C@H]2O[C@@H](OC)[C@H](OC(=O)c3cc(OC)c(OC)c(OC)c3)[C@@H](OC(=O)c3cc(OC)c(OC)c(OC)c3)[C@@H]2OC(=O)c2cc([N+](=O)[O-])cc([N+](=O)[O-])c2)cc(O)c1OC. The first-order chi connectivity index (χ1) is 32.5. The first-order valence-corrected chi connectivity index (χ1v) is 19.5. The molecular weight excluding hydrogens is 912 g/mol. The standard InChI is InChI=1S/C43H44N2O23/c1-55-27-13-21(12-26(46)33(27)60-6)39(47)64-19-32-36(66-40(48)20-10-24(44(51)52)18-25(11-20)45(53)54)37(67-41(49)22-14-28(56-2)34(61-7)29(15-22)57-3)38(43(63-9)65-32)68-42(50)23-16-30(58-4)35(62-8)31(17-23)59-5/h10-18,32,36-38,43,46H,19H2,1-9H3/t32-,36-,37+,38-,43-/m1/s1. The van der Waals surface area contributed by atoms with Gasteiger partial charge < -0.3 is 71.4 Å². The van der Waals surface area contributed by atoms with Crippen LogP contribution in [-0.2, 0) is 28.4 Å². The fraction of sp³-hybridized carbons (Fsp3) is 0.349. The number of hydrogen-bond donors (Lipinski definition) is 1. The third-order valence-electron chi connectivity index (χ3n) is 9.99. The molecule has 1 fully saturated rings. The smallest absolute Gasteiger partial charge is 0.339 e. The second kappa shape index (κ2) is 22.2. The molecular formula is C43H44N2O23. The first-order valence-electron chi connectivity index (χ1n) is 19.5. The molecule has 0 aromatic heterocycles. The van der Waals surface area contributed by atoms with Crippen LogP contribution in [0, 0.1) is 20.2 Å². The number of ether oxygens (including phenoxy) is 14. The minimum Gasteiger partial charge on any atom is -0.504 e. The van der Waals surface area contributed by atoms with Gasteiger partial charge in [0.2, 0.25) is 17.2 Å². The van der Waals surface area contributed by atoms with Gasteiger partial charge in [0.05, 0.1) is 95.0 Å².